The van der Waals surface area contributed by atoms with Gasteiger partial charge in [-0.25, -0.2) is 0 Å². The summed E-state index contributed by atoms with van der Waals surface area (Å²) >= 11 is 6.11. The number of ketones is 1. The molecule has 2 saturated heterocycles. The van der Waals surface area contributed by atoms with Gasteiger partial charge in [0, 0.05) is 30.6 Å². The normalized spacial score (nSPS) is 23.2. The second-order valence-corrected chi connectivity index (χ2v) is 7.65. The third kappa shape index (κ3) is 3.66. The molecular formula is C22H21ClN2O5. The van der Waals surface area contributed by atoms with Crippen molar-refractivity contribution in [2.75, 3.05) is 20.3 Å². The van der Waals surface area contributed by atoms with Crippen molar-refractivity contribution < 1.29 is 24.2 Å². The van der Waals surface area contributed by atoms with Gasteiger partial charge in [-0.2, -0.15) is 0 Å². The highest BCUT2D eigenvalue weighted by Crippen LogP contribution is 2.41. The highest BCUT2D eigenvalue weighted by molar-refractivity contribution is 6.46. The van der Waals surface area contributed by atoms with Crippen LogP contribution in [0.25, 0.3) is 5.76 Å². The fourth-order valence-electron chi connectivity index (χ4n) is 3.97. The molecule has 30 heavy (non-hydrogen) atoms. The zero-order chi connectivity index (χ0) is 21.3. The first-order valence-corrected chi connectivity index (χ1v) is 10.0. The number of likely N-dealkylation sites (tertiary alicyclic amines) is 1. The first-order chi connectivity index (χ1) is 14.5. The summed E-state index contributed by atoms with van der Waals surface area (Å²) in [7, 11) is 1.45. The summed E-state index contributed by atoms with van der Waals surface area (Å²) in [6.45, 7) is 0.888. The van der Waals surface area contributed by atoms with Crippen molar-refractivity contribution >= 4 is 29.1 Å². The molecule has 2 aliphatic heterocycles. The van der Waals surface area contributed by atoms with Crippen LogP contribution < -0.4 is 4.74 Å². The summed E-state index contributed by atoms with van der Waals surface area (Å²) in [5.41, 5.74) is 0.845. The Balaban J connectivity index is 1.86. The molecule has 1 N–H and O–H groups in total. The number of amides is 1. The number of rotatable bonds is 5. The molecule has 0 spiro atoms. The molecule has 2 fully saturated rings. The molecule has 0 saturated carbocycles. The summed E-state index contributed by atoms with van der Waals surface area (Å²) in [4.78, 5) is 31.6. The third-order valence-electron chi connectivity index (χ3n) is 5.38. The van der Waals surface area contributed by atoms with Crippen molar-refractivity contribution in [3.05, 3.63) is 64.4 Å². The number of carbonyl (C=O) groups is 2. The van der Waals surface area contributed by atoms with Gasteiger partial charge in [0.15, 0.2) is 0 Å². The van der Waals surface area contributed by atoms with E-state index in [9.17, 15) is 14.7 Å². The van der Waals surface area contributed by atoms with Gasteiger partial charge in [0.25, 0.3) is 11.7 Å². The molecule has 2 aliphatic rings. The van der Waals surface area contributed by atoms with E-state index in [1.54, 1.807) is 36.7 Å². The Hall–Kier alpha value is -2.90. The van der Waals surface area contributed by atoms with Gasteiger partial charge in [-0.05, 0) is 42.7 Å². The van der Waals surface area contributed by atoms with Gasteiger partial charge in [0.05, 0.1) is 30.4 Å². The molecule has 4 rings (SSSR count). The van der Waals surface area contributed by atoms with Gasteiger partial charge in [-0.15, -0.1) is 0 Å². The molecule has 2 aromatic rings. The number of methoxy groups -OCH3 is 1. The van der Waals surface area contributed by atoms with E-state index >= 15 is 0 Å². The number of aromatic nitrogens is 1. The smallest absolute Gasteiger partial charge is 0.295 e. The lowest BCUT2D eigenvalue weighted by molar-refractivity contribution is -0.140. The summed E-state index contributed by atoms with van der Waals surface area (Å²) in [6, 6.07) is 7.43. The summed E-state index contributed by atoms with van der Waals surface area (Å²) in [6.07, 6.45) is 4.76. The van der Waals surface area contributed by atoms with E-state index in [-0.39, 0.29) is 29.5 Å². The molecule has 156 valence electrons. The Kier molecular flexibility index (Phi) is 5.74. The number of hydrogen-bond acceptors (Lipinski definition) is 6. The fraction of sp³-hybridized carbons (Fsp3) is 0.318. The van der Waals surface area contributed by atoms with Crippen LogP contribution in [0.5, 0.6) is 5.75 Å². The minimum atomic E-state index is -0.786. The number of halogens is 1. The number of ether oxygens (including phenoxy) is 2. The minimum Gasteiger partial charge on any atom is -0.507 e. The van der Waals surface area contributed by atoms with Crippen LogP contribution in [-0.2, 0) is 14.3 Å². The predicted molar refractivity (Wildman–Crippen MR) is 110 cm³/mol. The van der Waals surface area contributed by atoms with E-state index in [4.69, 9.17) is 21.1 Å². The van der Waals surface area contributed by atoms with Gasteiger partial charge >= 0.3 is 0 Å². The third-order valence-corrected chi connectivity index (χ3v) is 5.62. The van der Waals surface area contributed by atoms with E-state index in [0.29, 0.717) is 22.9 Å². The number of hydrogen-bond donors (Lipinski definition) is 1. The van der Waals surface area contributed by atoms with Gasteiger partial charge in [0.2, 0.25) is 0 Å². The Morgan fingerprint density at radius 3 is 2.87 bits per heavy atom. The van der Waals surface area contributed by atoms with E-state index in [1.807, 2.05) is 0 Å². The van der Waals surface area contributed by atoms with Crippen LogP contribution in [0.2, 0.25) is 5.02 Å². The second-order valence-electron chi connectivity index (χ2n) is 7.22. The van der Waals surface area contributed by atoms with Crippen LogP contribution in [-0.4, -0.2) is 53.0 Å². The Morgan fingerprint density at radius 1 is 1.37 bits per heavy atom. The average molecular weight is 429 g/mol. The Bertz CT molecular complexity index is 1000. The maximum absolute atomic E-state index is 13.0. The highest BCUT2D eigenvalue weighted by Gasteiger charge is 2.47. The van der Waals surface area contributed by atoms with Crippen molar-refractivity contribution in [2.24, 2.45) is 0 Å². The van der Waals surface area contributed by atoms with E-state index < -0.39 is 17.7 Å². The van der Waals surface area contributed by atoms with Crippen molar-refractivity contribution in [3.63, 3.8) is 0 Å². The van der Waals surface area contributed by atoms with Gasteiger partial charge in [-0.1, -0.05) is 17.7 Å². The SMILES string of the molecule is COc1ccc(Cl)cc1/C(O)=C1\C(=O)C(=O)N(CC2CCCO2)C1c1cccnc1. The predicted octanol–water partition coefficient (Wildman–Crippen LogP) is 3.34. The molecule has 2 atom stereocenters. The fourth-order valence-corrected chi connectivity index (χ4v) is 4.14. The Labute approximate surface area is 178 Å². The zero-order valence-electron chi connectivity index (χ0n) is 16.4. The molecule has 0 bridgehead atoms. The van der Waals surface area contributed by atoms with E-state index in [1.165, 1.54) is 18.1 Å². The molecule has 0 aliphatic carbocycles. The minimum absolute atomic E-state index is 0.0217. The van der Waals surface area contributed by atoms with Crippen molar-refractivity contribution in [2.45, 2.75) is 25.0 Å². The molecule has 8 heteroatoms. The molecule has 1 amide bonds. The molecule has 3 heterocycles. The maximum atomic E-state index is 13.0. The van der Waals surface area contributed by atoms with Crippen molar-refractivity contribution in [1.29, 1.82) is 0 Å². The number of pyridine rings is 1. The number of aliphatic hydroxyl groups is 1. The summed E-state index contributed by atoms with van der Waals surface area (Å²) in [5, 5.41) is 11.5. The lowest BCUT2D eigenvalue weighted by Crippen LogP contribution is -2.36. The topological polar surface area (TPSA) is 89.0 Å². The molecular weight excluding hydrogens is 408 g/mol. The molecule has 0 radical (unpaired) electrons. The first kappa shape index (κ1) is 20.4. The number of carbonyl (C=O) groups excluding carboxylic acids is 2. The first-order valence-electron chi connectivity index (χ1n) is 9.65. The molecule has 1 aromatic heterocycles. The van der Waals surface area contributed by atoms with Gasteiger partial charge in [0.1, 0.15) is 11.5 Å². The number of benzene rings is 1. The zero-order valence-corrected chi connectivity index (χ0v) is 17.1. The number of nitrogens with zero attached hydrogens (tertiary/aromatic N) is 2. The van der Waals surface area contributed by atoms with Crippen LogP contribution in [0.3, 0.4) is 0 Å². The number of Topliss-reactive ketones (excluding diaryl/α,β-unsaturated/α-hetero) is 1. The van der Waals surface area contributed by atoms with Gasteiger partial charge < -0.3 is 19.5 Å². The molecule has 2 unspecified atom stereocenters. The average Bonchev–Trinajstić information content (AvgIpc) is 3.36. The standard InChI is InChI=1S/C22H21ClN2O5/c1-29-17-7-6-14(23)10-16(17)20(26)18-19(13-4-2-8-24-11-13)25(22(28)21(18)27)12-15-5-3-9-30-15/h2,4,6-8,10-11,15,19,26H,3,5,9,12H2,1H3/b20-18+. The van der Waals surface area contributed by atoms with E-state index in [0.717, 1.165) is 12.8 Å². The van der Waals surface area contributed by atoms with Crippen molar-refractivity contribution in [1.82, 2.24) is 9.88 Å². The molecule has 7 nitrogen and oxygen atoms in total. The lowest BCUT2D eigenvalue weighted by atomic mass is 9.96. The monoisotopic (exact) mass is 428 g/mol. The van der Waals surface area contributed by atoms with Crippen LogP contribution in [0.15, 0.2) is 48.3 Å². The van der Waals surface area contributed by atoms with E-state index in [2.05, 4.69) is 4.98 Å². The van der Waals surface area contributed by atoms with Crippen LogP contribution in [0.1, 0.15) is 30.0 Å². The Morgan fingerprint density at radius 2 is 2.20 bits per heavy atom. The van der Waals surface area contributed by atoms with Crippen LogP contribution in [0, 0.1) is 0 Å². The summed E-state index contributed by atoms with van der Waals surface area (Å²) < 4.78 is 11.0. The summed E-state index contributed by atoms with van der Waals surface area (Å²) in [5.74, 6) is -1.44. The lowest BCUT2D eigenvalue weighted by Gasteiger charge is -2.27. The van der Waals surface area contributed by atoms with Gasteiger partial charge in [-0.3, -0.25) is 14.6 Å². The van der Waals surface area contributed by atoms with Crippen LogP contribution in [0.4, 0.5) is 0 Å². The quantitative estimate of drug-likeness (QED) is 0.446. The van der Waals surface area contributed by atoms with Crippen molar-refractivity contribution in [3.8, 4) is 5.75 Å². The molecule has 1 aromatic carbocycles. The number of aliphatic hydroxyl groups excluding tert-OH is 1. The largest absolute Gasteiger partial charge is 0.507 e. The van der Waals surface area contributed by atoms with Crippen LogP contribution >= 0.6 is 11.6 Å². The highest BCUT2D eigenvalue weighted by atomic mass is 35.5. The second kappa shape index (κ2) is 8.45. The maximum Gasteiger partial charge on any atom is 0.295 e.